The number of hydrogen-bond acceptors (Lipinski definition) is 5. The molecule has 0 aliphatic carbocycles. The molecule has 0 fully saturated rings. The molecule has 6 rings (SSSR count). The van der Waals surface area contributed by atoms with E-state index < -0.39 is 0 Å². The zero-order chi connectivity index (χ0) is 30.5. The van der Waals surface area contributed by atoms with Gasteiger partial charge in [0.15, 0.2) is 0 Å². The summed E-state index contributed by atoms with van der Waals surface area (Å²) < 4.78 is 18.8. The predicted octanol–water partition coefficient (Wildman–Crippen LogP) is 5.76. The zero-order valence-corrected chi connectivity index (χ0v) is 25.1. The summed E-state index contributed by atoms with van der Waals surface area (Å²) in [6.45, 7) is 1.07. The zero-order valence-electron chi connectivity index (χ0n) is 25.1. The van der Waals surface area contributed by atoms with Gasteiger partial charge in [0, 0.05) is 12.4 Å². The van der Waals surface area contributed by atoms with Crippen LogP contribution in [0.15, 0.2) is 158 Å². The number of pyridine rings is 2. The molecule has 6 aromatic rings. The molecule has 0 aliphatic rings. The summed E-state index contributed by atoms with van der Waals surface area (Å²) >= 11 is 0. The SMILES string of the molecule is B(OC(c1ccccc1)c1ccccn1)c1ccc(COCc2ccc(BOC(c3ccccc3)c3ccccn3)cc2)cc1. The highest BCUT2D eigenvalue weighted by molar-refractivity contribution is 6.47. The Balaban J connectivity index is 0.979. The third-order valence-corrected chi connectivity index (χ3v) is 7.53. The van der Waals surface area contributed by atoms with Crippen LogP contribution in [0.3, 0.4) is 0 Å². The van der Waals surface area contributed by atoms with E-state index in [0.717, 1.165) is 44.6 Å². The van der Waals surface area contributed by atoms with Crippen molar-refractivity contribution in [2.45, 2.75) is 25.4 Å². The van der Waals surface area contributed by atoms with Crippen molar-refractivity contribution in [3.05, 3.63) is 192 Å². The van der Waals surface area contributed by atoms with E-state index in [1.54, 1.807) is 12.4 Å². The molecule has 2 aromatic heterocycles. The second-order valence-electron chi connectivity index (χ2n) is 10.8. The van der Waals surface area contributed by atoms with Crippen LogP contribution in [0.5, 0.6) is 0 Å². The normalized spacial score (nSPS) is 12.3. The van der Waals surface area contributed by atoms with Gasteiger partial charge in [-0.05, 0) is 46.5 Å². The van der Waals surface area contributed by atoms with E-state index in [-0.39, 0.29) is 12.2 Å². The fraction of sp³-hybridized carbons (Fsp3) is 0.105. The summed E-state index contributed by atoms with van der Waals surface area (Å²) in [6, 6.07) is 49.1. The van der Waals surface area contributed by atoms with Crippen LogP contribution in [0.25, 0.3) is 0 Å². The van der Waals surface area contributed by atoms with Crippen LogP contribution < -0.4 is 10.9 Å². The third kappa shape index (κ3) is 8.64. The van der Waals surface area contributed by atoms with Crippen molar-refractivity contribution in [1.29, 1.82) is 0 Å². The van der Waals surface area contributed by atoms with Crippen molar-refractivity contribution < 1.29 is 14.0 Å². The van der Waals surface area contributed by atoms with Gasteiger partial charge in [0.1, 0.15) is 12.2 Å². The minimum atomic E-state index is -0.223. The Labute approximate surface area is 266 Å². The number of rotatable bonds is 14. The second-order valence-corrected chi connectivity index (χ2v) is 10.8. The molecular formula is C38H34B2N2O3. The highest BCUT2D eigenvalue weighted by atomic mass is 16.5. The second kappa shape index (κ2) is 15.8. The Morgan fingerprint density at radius 2 is 0.844 bits per heavy atom. The molecule has 2 heterocycles. The minimum absolute atomic E-state index is 0.223. The summed E-state index contributed by atoms with van der Waals surface area (Å²) in [6.07, 6.45) is 3.16. The molecule has 2 atom stereocenters. The topological polar surface area (TPSA) is 53.5 Å². The Morgan fingerprint density at radius 3 is 1.22 bits per heavy atom. The van der Waals surface area contributed by atoms with Gasteiger partial charge in [-0.3, -0.25) is 9.97 Å². The number of benzene rings is 4. The molecule has 220 valence electrons. The molecule has 0 spiro atoms. The summed E-state index contributed by atoms with van der Waals surface area (Å²) in [5, 5.41) is 0. The maximum absolute atomic E-state index is 6.36. The number of ether oxygens (including phenoxy) is 1. The third-order valence-electron chi connectivity index (χ3n) is 7.53. The minimum Gasteiger partial charge on any atom is -0.423 e. The Bertz CT molecular complexity index is 1500. The Kier molecular flexibility index (Phi) is 10.6. The summed E-state index contributed by atoms with van der Waals surface area (Å²) in [5.41, 5.74) is 8.41. The van der Waals surface area contributed by atoms with E-state index in [2.05, 4.69) is 82.8 Å². The molecule has 45 heavy (non-hydrogen) atoms. The van der Waals surface area contributed by atoms with Crippen LogP contribution in [0.1, 0.15) is 45.8 Å². The van der Waals surface area contributed by atoms with Crippen LogP contribution in [-0.2, 0) is 27.3 Å². The van der Waals surface area contributed by atoms with Crippen molar-refractivity contribution >= 4 is 25.9 Å². The van der Waals surface area contributed by atoms with E-state index >= 15 is 0 Å². The lowest BCUT2D eigenvalue weighted by Crippen LogP contribution is -2.21. The van der Waals surface area contributed by atoms with E-state index in [0.29, 0.717) is 28.2 Å². The van der Waals surface area contributed by atoms with Crippen molar-refractivity contribution in [3.63, 3.8) is 0 Å². The molecule has 0 aliphatic heterocycles. The number of hydrogen-bond donors (Lipinski definition) is 0. The smallest absolute Gasteiger partial charge is 0.309 e. The lowest BCUT2D eigenvalue weighted by molar-refractivity contribution is 0.107. The first-order valence-corrected chi connectivity index (χ1v) is 15.2. The fourth-order valence-corrected chi connectivity index (χ4v) is 5.13. The summed E-state index contributed by atoms with van der Waals surface area (Å²) in [7, 11) is 0.975. The van der Waals surface area contributed by atoms with Crippen LogP contribution in [0.2, 0.25) is 0 Å². The maximum Gasteiger partial charge on any atom is 0.309 e. The van der Waals surface area contributed by atoms with Gasteiger partial charge < -0.3 is 14.0 Å². The summed E-state index contributed by atoms with van der Waals surface area (Å²) in [5.74, 6) is 0. The number of nitrogens with zero attached hydrogens (tertiary/aromatic N) is 2. The first-order valence-electron chi connectivity index (χ1n) is 15.2. The van der Waals surface area contributed by atoms with Crippen LogP contribution >= 0.6 is 0 Å². The van der Waals surface area contributed by atoms with Crippen molar-refractivity contribution in [2.75, 3.05) is 0 Å². The standard InChI is InChI=1S/C38H34B2N2O3/c1-3-11-31(12-4-1)37(35-15-7-9-25-41-35)44-39-33-21-17-29(18-22-33)27-43-28-30-19-23-34(24-20-30)40-45-38(32-13-5-2-6-14-32)36-16-8-10-26-42-36/h1-26,37-40H,27-28H2. The molecule has 0 bridgehead atoms. The van der Waals surface area contributed by atoms with Gasteiger partial charge in [-0.15, -0.1) is 0 Å². The molecule has 0 saturated carbocycles. The largest absolute Gasteiger partial charge is 0.423 e. The van der Waals surface area contributed by atoms with Gasteiger partial charge in [-0.2, -0.15) is 0 Å². The van der Waals surface area contributed by atoms with E-state index in [4.69, 9.17) is 14.0 Å². The van der Waals surface area contributed by atoms with Crippen LogP contribution in [-0.4, -0.2) is 24.9 Å². The van der Waals surface area contributed by atoms with Gasteiger partial charge in [0.2, 0.25) is 0 Å². The van der Waals surface area contributed by atoms with Gasteiger partial charge in [-0.1, -0.05) is 132 Å². The highest BCUT2D eigenvalue weighted by Gasteiger charge is 2.17. The molecule has 4 aromatic carbocycles. The fourth-order valence-electron chi connectivity index (χ4n) is 5.13. The summed E-state index contributed by atoms with van der Waals surface area (Å²) in [4.78, 5) is 9.07. The monoisotopic (exact) mass is 588 g/mol. The number of aromatic nitrogens is 2. The van der Waals surface area contributed by atoms with Crippen molar-refractivity contribution in [1.82, 2.24) is 9.97 Å². The van der Waals surface area contributed by atoms with Gasteiger partial charge >= 0.3 is 15.0 Å². The first kappa shape index (κ1) is 30.2. The van der Waals surface area contributed by atoms with Crippen LogP contribution in [0, 0.1) is 0 Å². The van der Waals surface area contributed by atoms with E-state index in [9.17, 15) is 0 Å². The quantitative estimate of drug-likeness (QED) is 0.152. The molecule has 7 heteroatoms. The maximum atomic E-state index is 6.36. The van der Waals surface area contributed by atoms with E-state index in [1.807, 2.05) is 72.8 Å². The molecular weight excluding hydrogens is 554 g/mol. The van der Waals surface area contributed by atoms with Crippen molar-refractivity contribution in [2.24, 2.45) is 0 Å². The van der Waals surface area contributed by atoms with Crippen LogP contribution in [0.4, 0.5) is 0 Å². The lowest BCUT2D eigenvalue weighted by Gasteiger charge is -2.18. The molecule has 2 unspecified atom stereocenters. The first-order chi connectivity index (χ1) is 22.3. The molecule has 0 amide bonds. The van der Waals surface area contributed by atoms with Gasteiger partial charge in [0.25, 0.3) is 0 Å². The van der Waals surface area contributed by atoms with Gasteiger partial charge in [0.05, 0.1) is 24.6 Å². The molecule has 0 radical (unpaired) electrons. The lowest BCUT2D eigenvalue weighted by atomic mass is 9.86. The highest BCUT2D eigenvalue weighted by Crippen LogP contribution is 2.24. The molecule has 5 nitrogen and oxygen atoms in total. The average Bonchev–Trinajstić information content (AvgIpc) is 3.12. The van der Waals surface area contributed by atoms with Gasteiger partial charge in [-0.25, -0.2) is 0 Å². The Morgan fingerprint density at radius 1 is 0.444 bits per heavy atom. The predicted molar refractivity (Wildman–Crippen MR) is 182 cm³/mol. The average molecular weight is 588 g/mol. The van der Waals surface area contributed by atoms with Crippen molar-refractivity contribution in [3.8, 4) is 0 Å². The van der Waals surface area contributed by atoms with E-state index in [1.165, 1.54) is 0 Å². The Hall–Kier alpha value is -4.81. The molecule has 0 saturated heterocycles. The molecule has 0 N–H and O–H groups in total.